The number of fused-ring (bicyclic) bond motifs is 1. The SMILES string of the molecule is CCOC(=O)c1cnc(N2CC3CC3C2)nc1NCc1ccc(CO)c(C)c1.CCOC(=O)c1cnc(S(C)=O)nc1NCc1ccc(CO)c(C)c1. The normalized spacial score (nSPS) is 16.2. The second kappa shape index (κ2) is 18.2. The van der Waals surface area contributed by atoms with E-state index >= 15 is 0 Å². The van der Waals surface area contributed by atoms with Crippen molar-refractivity contribution in [1.29, 1.82) is 0 Å². The Bertz CT molecular complexity index is 1950. The van der Waals surface area contributed by atoms with Gasteiger partial charge in [0.25, 0.3) is 0 Å². The molecule has 0 spiro atoms. The molecule has 1 saturated carbocycles. The van der Waals surface area contributed by atoms with Crippen molar-refractivity contribution < 1.29 is 33.5 Å². The summed E-state index contributed by atoms with van der Waals surface area (Å²) in [6.07, 6.45) is 5.67. The molecular formula is C38H47N7O7S. The van der Waals surface area contributed by atoms with Gasteiger partial charge in [-0.2, -0.15) is 4.98 Å². The van der Waals surface area contributed by atoms with Crippen LogP contribution in [0.4, 0.5) is 17.6 Å². The number of carbonyl (C=O) groups is 2. The molecule has 0 bridgehead atoms. The van der Waals surface area contributed by atoms with Gasteiger partial charge in [0.1, 0.15) is 22.8 Å². The molecule has 0 radical (unpaired) electrons. The van der Waals surface area contributed by atoms with Crippen molar-refractivity contribution in [3.05, 3.63) is 93.3 Å². The van der Waals surface area contributed by atoms with Crippen LogP contribution in [0, 0.1) is 25.7 Å². The Labute approximate surface area is 311 Å². The molecule has 6 rings (SSSR count). The minimum Gasteiger partial charge on any atom is -0.462 e. The zero-order valence-electron chi connectivity index (χ0n) is 30.7. The molecule has 15 heteroatoms. The Morgan fingerprint density at radius 2 is 1.30 bits per heavy atom. The number of ether oxygens (including phenoxy) is 2. The van der Waals surface area contributed by atoms with Crippen molar-refractivity contribution in [1.82, 2.24) is 19.9 Å². The molecule has 3 unspecified atom stereocenters. The smallest absolute Gasteiger partial charge is 0.343 e. The quantitative estimate of drug-likeness (QED) is 0.105. The first-order chi connectivity index (χ1) is 25.5. The summed E-state index contributed by atoms with van der Waals surface area (Å²) in [6, 6.07) is 11.6. The average Bonchev–Trinajstić information content (AvgIpc) is 3.77. The van der Waals surface area contributed by atoms with E-state index in [0.717, 1.165) is 58.3 Å². The van der Waals surface area contributed by atoms with E-state index in [1.807, 2.05) is 50.2 Å². The van der Waals surface area contributed by atoms with E-state index in [0.29, 0.717) is 37.0 Å². The minimum atomic E-state index is -1.36. The summed E-state index contributed by atoms with van der Waals surface area (Å²) in [5.41, 5.74) is 6.33. The molecule has 4 N–H and O–H groups in total. The topological polar surface area (TPSA) is 189 Å². The van der Waals surface area contributed by atoms with E-state index < -0.39 is 22.7 Å². The summed E-state index contributed by atoms with van der Waals surface area (Å²) in [6.45, 7) is 10.8. The highest BCUT2D eigenvalue weighted by atomic mass is 32.2. The van der Waals surface area contributed by atoms with Crippen LogP contribution in [0.25, 0.3) is 0 Å². The number of esters is 2. The van der Waals surface area contributed by atoms with E-state index in [2.05, 4.69) is 35.5 Å². The lowest BCUT2D eigenvalue weighted by molar-refractivity contribution is 0.0516. The third-order valence-electron chi connectivity index (χ3n) is 9.13. The zero-order valence-corrected chi connectivity index (χ0v) is 31.5. The fourth-order valence-electron chi connectivity index (χ4n) is 6.04. The number of aliphatic hydroxyl groups is 2. The van der Waals surface area contributed by atoms with Crippen molar-refractivity contribution in [3.63, 3.8) is 0 Å². The molecule has 2 aromatic heterocycles. The van der Waals surface area contributed by atoms with Gasteiger partial charge in [-0.1, -0.05) is 36.4 Å². The molecule has 2 fully saturated rings. The number of nitrogens with zero attached hydrogens (tertiary/aromatic N) is 5. The predicted molar refractivity (Wildman–Crippen MR) is 201 cm³/mol. The Morgan fingerprint density at radius 3 is 1.75 bits per heavy atom. The Hall–Kier alpha value is -4.99. The van der Waals surface area contributed by atoms with E-state index in [9.17, 15) is 24.0 Å². The van der Waals surface area contributed by atoms with Gasteiger partial charge in [0.05, 0.1) is 37.2 Å². The number of piperidine rings is 1. The van der Waals surface area contributed by atoms with E-state index in [-0.39, 0.29) is 36.4 Å². The number of aliphatic hydroxyl groups excluding tert-OH is 2. The minimum absolute atomic E-state index is 0.00979. The van der Waals surface area contributed by atoms with E-state index in [1.165, 1.54) is 18.9 Å². The predicted octanol–water partition coefficient (Wildman–Crippen LogP) is 4.33. The first kappa shape index (κ1) is 39.2. The molecule has 1 aliphatic carbocycles. The molecule has 14 nitrogen and oxygen atoms in total. The van der Waals surface area contributed by atoms with Gasteiger partial charge in [0.2, 0.25) is 11.1 Å². The first-order valence-corrected chi connectivity index (χ1v) is 19.1. The largest absolute Gasteiger partial charge is 0.462 e. The van der Waals surface area contributed by atoms with Crippen LogP contribution in [0.1, 0.15) is 74.4 Å². The van der Waals surface area contributed by atoms with Gasteiger partial charge in [0.15, 0.2) is 0 Å². The number of nitrogens with one attached hydrogen (secondary N) is 2. The molecular weight excluding hydrogens is 699 g/mol. The number of aryl methyl sites for hydroxylation is 2. The van der Waals surface area contributed by atoms with E-state index in [1.54, 1.807) is 20.0 Å². The van der Waals surface area contributed by atoms with Crippen LogP contribution in [-0.2, 0) is 46.6 Å². The second-order valence-electron chi connectivity index (χ2n) is 12.9. The Morgan fingerprint density at radius 1 is 0.811 bits per heavy atom. The van der Waals surface area contributed by atoms with E-state index in [4.69, 9.17) is 9.47 Å². The lowest BCUT2D eigenvalue weighted by Gasteiger charge is -2.19. The van der Waals surface area contributed by atoms with Crippen molar-refractivity contribution in [2.24, 2.45) is 11.8 Å². The Kier molecular flexibility index (Phi) is 13.4. The number of carbonyl (C=O) groups excluding carboxylic acids is 2. The maximum absolute atomic E-state index is 12.3. The fraction of sp³-hybridized carbons (Fsp3) is 0.421. The number of benzene rings is 2. The number of hydrogen-bond acceptors (Lipinski definition) is 14. The van der Waals surface area contributed by atoms with Gasteiger partial charge in [-0.15, -0.1) is 0 Å². The monoisotopic (exact) mass is 745 g/mol. The first-order valence-electron chi connectivity index (χ1n) is 17.6. The summed E-state index contributed by atoms with van der Waals surface area (Å²) >= 11 is 0. The van der Waals surface area contributed by atoms with Crippen molar-refractivity contribution in [3.8, 4) is 0 Å². The molecule has 1 saturated heterocycles. The highest BCUT2D eigenvalue weighted by Crippen LogP contribution is 2.45. The third kappa shape index (κ3) is 10.1. The lowest BCUT2D eigenvalue weighted by atomic mass is 10.1. The van der Waals surface area contributed by atoms with Crippen LogP contribution >= 0.6 is 0 Å². The maximum atomic E-state index is 12.3. The van der Waals surface area contributed by atoms with Crippen molar-refractivity contribution in [2.75, 3.05) is 48.1 Å². The summed E-state index contributed by atoms with van der Waals surface area (Å²) in [7, 11) is -1.36. The molecule has 53 heavy (non-hydrogen) atoms. The summed E-state index contributed by atoms with van der Waals surface area (Å²) in [5, 5.41) is 25.1. The molecule has 1 aliphatic heterocycles. The Balaban J connectivity index is 0.000000206. The summed E-state index contributed by atoms with van der Waals surface area (Å²) in [4.78, 5) is 43.8. The van der Waals surface area contributed by atoms with Crippen molar-refractivity contribution >= 4 is 40.3 Å². The molecule has 4 aromatic rings. The number of aromatic nitrogens is 4. The van der Waals surface area contributed by atoms with Gasteiger partial charge in [-0.25, -0.2) is 24.5 Å². The molecule has 3 heterocycles. The van der Waals surface area contributed by atoms with Gasteiger partial charge < -0.3 is 35.2 Å². The molecule has 2 aromatic carbocycles. The van der Waals surface area contributed by atoms with Gasteiger partial charge in [-0.05, 0) is 79.3 Å². The molecule has 3 atom stereocenters. The average molecular weight is 746 g/mol. The van der Waals surface area contributed by atoms with Crippen LogP contribution in [-0.4, -0.2) is 78.9 Å². The third-order valence-corrected chi connectivity index (χ3v) is 9.84. The fourth-order valence-corrected chi connectivity index (χ4v) is 6.46. The second-order valence-corrected chi connectivity index (χ2v) is 14.2. The number of anilines is 3. The highest BCUT2D eigenvalue weighted by Gasteiger charge is 2.46. The molecule has 2 aliphatic rings. The maximum Gasteiger partial charge on any atom is 0.343 e. The van der Waals surface area contributed by atoms with Crippen LogP contribution in [0.15, 0.2) is 53.9 Å². The van der Waals surface area contributed by atoms with Crippen LogP contribution in [0.2, 0.25) is 0 Å². The van der Waals surface area contributed by atoms with Crippen LogP contribution in [0.3, 0.4) is 0 Å². The standard InChI is InChI=1S/C21H26N4O3.C17H21N3O4S/c1-3-28-20(27)18-9-23-21(25-10-16-7-17(16)11-25)24-19(18)22-8-14-4-5-15(12-26)13(2)6-14;1-4-24-16(22)14-9-19-17(25(3)23)20-15(14)18-8-12-5-6-13(10-21)11(2)7-12/h4-6,9,16-17,26H,3,7-8,10-12H2,1-2H3,(H,22,23,24);5-7,9,21H,4,8,10H2,1-3H3,(H,18,19,20). The van der Waals surface area contributed by atoms with Crippen LogP contribution in [0.5, 0.6) is 0 Å². The van der Waals surface area contributed by atoms with Gasteiger partial charge in [-0.3, -0.25) is 4.21 Å². The van der Waals surface area contributed by atoms with Crippen LogP contribution < -0.4 is 15.5 Å². The summed E-state index contributed by atoms with van der Waals surface area (Å²) < 4.78 is 21.8. The number of hydrogen-bond donors (Lipinski definition) is 4. The lowest BCUT2D eigenvalue weighted by Crippen LogP contribution is -2.25. The number of rotatable bonds is 14. The summed E-state index contributed by atoms with van der Waals surface area (Å²) in [5.74, 6) is 2.03. The zero-order chi connectivity index (χ0) is 38.1. The highest BCUT2D eigenvalue weighted by molar-refractivity contribution is 7.84. The van der Waals surface area contributed by atoms with Gasteiger partial charge in [0, 0.05) is 44.8 Å². The molecule has 0 amide bonds. The molecule has 282 valence electrons. The van der Waals surface area contributed by atoms with Gasteiger partial charge >= 0.3 is 11.9 Å². The van der Waals surface area contributed by atoms with Crippen molar-refractivity contribution in [2.45, 2.75) is 65.6 Å².